The van der Waals surface area contributed by atoms with Crippen LogP contribution in [0.5, 0.6) is 0 Å². The summed E-state index contributed by atoms with van der Waals surface area (Å²) in [5, 5.41) is 28.7. The van der Waals surface area contributed by atoms with Gasteiger partial charge in [-0.3, -0.25) is 0 Å². The van der Waals surface area contributed by atoms with Crippen molar-refractivity contribution >= 4 is 118 Å². The van der Waals surface area contributed by atoms with Crippen molar-refractivity contribution in [2.45, 2.75) is 123 Å². The lowest BCUT2D eigenvalue weighted by atomic mass is 10.1. The average Bonchev–Trinajstić information content (AvgIpc) is 3.64. The standard InChI is InChI=1S/C46H69N26S6/c1-11-73-39-55-30-22-18-20-27-32-57-40(74-12-2)66-46(78-16-6)72(32)68(25-23-51-37-60-35(49-9)59-36(50-10)61-37)43-63-41(75-13-3)62-38(69(27)43)52-24-26-67-44-64-42(76-14-4)65-45(77-15-5)70(44)28(31(56-39)71(30)67)19-17-21-29-53-33(47-7)58-34(48-8)54-29/h27-28H,11-26H2,1-10H3,(H5,47,48,49,50,51,53,54,58,59,60,61)/q+3/p+1. The van der Waals surface area contributed by atoms with Gasteiger partial charge in [0.25, 0.3) is 16.1 Å². The van der Waals surface area contributed by atoms with Crippen LogP contribution in [0.2, 0.25) is 0 Å². The van der Waals surface area contributed by atoms with Gasteiger partial charge in [0.05, 0.1) is 6.54 Å². The highest BCUT2D eigenvalue weighted by Crippen LogP contribution is 2.33. The number of thioether (sulfide) groups is 6. The van der Waals surface area contributed by atoms with Crippen LogP contribution >= 0.6 is 70.6 Å². The first kappa shape index (κ1) is 57.3. The van der Waals surface area contributed by atoms with Crippen LogP contribution in [0, 0.1) is 0 Å². The molecule has 0 aliphatic carbocycles. The Kier molecular flexibility index (Phi) is 19.9. The topological polar surface area (TPSA) is 275 Å². The molecular formula is C46H70N26S6+4. The van der Waals surface area contributed by atoms with E-state index in [4.69, 9.17) is 49.8 Å². The second-order valence-electron chi connectivity index (χ2n) is 17.2. The molecule has 0 saturated carbocycles. The molecule has 2 unspecified atom stereocenters. The molecule has 0 radical (unpaired) electrons. The SMILES string of the molecule is CCSc1nc2[n+]3c(n1)N(CCNc1nc(NC)nc(NC)n1)[n+]1c(SCC)nc(SCC)nc1C3CCCc1nc(SCC)nc3[n+]1N(CCN2)c1nc(SCC)nc(SCC)[n+]1C3CCCc1nc(NC)nc(NC)n1. The van der Waals surface area contributed by atoms with Crippen LogP contribution in [-0.4, -0.2) is 159 Å². The Morgan fingerprint density at radius 3 is 1.74 bits per heavy atom. The van der Waals surface area contributed by atoms with Crippen LogP contribution in [0.1, 0.15) is 103 Å². The smallest absolute Gasteiger partial charge is 0.357 e. The molecule has 416 valence electrons. The highest BCUT2D eigenvalue weighted by molar-refractivity contribution is 8.00. The van der Waals surface area contributed by atoms with Crippen molar-refractivity contribution in [2.24, 2.45) is 0 Å². The maximum Gasteiger partial charge on any atom is 0.387 e. The van der Waals surface area contributed by atoms with Crippen molar-refractivity contribution in [1.29, 1.82) is 0 Å². The Labute approximate surface area is 480 Å². The lowest BCUT2D eigenvalue weighted by Gasteiger charge is -2.32. The van der Waals surface area contributed by atoms with E-state index in [0.717, 1.165) is 109 Å². The predicted octanol–water partition coefficient (Wildman–Crippen LogP) is 4.13. The lowest BCUT2D eigenvalue weighted by molar-refractivity contribution is -0.826. The minimum atomic E-state index is -0.285. The molecule has 0 bridgehead atoms. The lowest BCUT2D eigenvalue weighted by Crippen LogP contribution is -2.73. The minimum Gasteiger partial charge on any atom is -0.357 e. The van der Waals surface area contributed by atoms with E-state index < -0.39 is 0 Å². The highest BCUT2D eigenvalue weighted by Gasteiger charge is 2.50. The van der Waals surface area contributed by atoms with Gasteiger partial charge in [-0.05, 0) is 71.7 Å². The van der Waals surface area contributed by atoms with Crippen molar-refractivity contribution in [3.05, 3.63) is 23.3 Å². The average molecular weight is 1180 g/mol. The fourth-order valence-corrected chi connectivity index (χ4v) is 13.1. The zero-order valence-corrected chi connectivity index (χ0v) is 50.8. The molecule has 2 atom stereocenters. The number of anilines is 8. The van der Waals surface area contributed by atoms with E-state index in [1.54, 1.807) is 84.7 Å². The summed E-state index contributed by atoms with van der Waals surface area (Å²) in [5.74, 6) is 12.9. The first-order valence-electron chi connectivity index (χ1n) is 26.6. The maximum atomic E-state index is 5.48. The molecule has 32 heteroatoms. The Hall–Kier alpha value is -5.44. The van der Waals surface area contributed by atoms with Crippen LogP contribution < -0.4 is 60.4 Å². The fourth-order valence-electron chi connectivity index (χ4n) is 9.22. The molecule has 26 nitrogen and oxygen atoms in total. The fraction of sp³-hybridized carbons (Fsp3) is 0.609. The van der Waals surface area contributed by atoms with Crippen molar-refractivity contribution < 1.29 is 18.5 Å². The third-order valence-electron chi connectivity index (χ3n) is 12.3. The molecule has 0 amide bonds. The first-order valence-corrected chi connectivity index (χ1v) is 32.5. The molecule has 9 rings (SSSR count). The number of aryl methyl sites for hydroxylation is 2. The van der Waals surface area contributed by atoms with Gasteiger partial charge in [0.15, 0.2) is 12.1 Å². The van der Waals surface area contributed by atoms with Gasteiger partial charge in [-0.25, -0.2) is 4.57 Å². The molecule has 0 fully saturated rings. The molecule has 9 heterocycles. The van der Waals surface area contributed by atoms with Gasteiger partial charge in [-0.15, -0.1) is 10.0 Å². The third kappa shape index (κ3) is 12.6. The maximum absolute atomic E-state index is 5.48. The molecule has 3 aliphatic heterocycles. The molecule has 0 saturated heterocycles. The van der Waals surface area contributed by atoms with Crippen molar-refractivity contribution in [3.8, 4) is 0 Å². The van der Waals surface area contributed by atoms with Crippen molar-refractivity contribution in [2.75, 3.05) is 131 Å². The summed E-state index contributed by atoms with van der Waals surface area (Å²) in [6, 6.07) is -0.519. The molecule has 6 N–H and O–H groups in total. The second-order valence-corrected chi connectivity index (χ2v) is 24.6. The molecule has 3 aliphatic rings. The number of rotatable bonds is 24. The van der Waals surface area contributed by atoms with Crippen molar-refractivity contribution in [1.82, 2.24) is 69.8 Å². The quantitative estimate of drug-likeness (QED) is 0.0367. The van der Waals surface area contributed by atoms with Gasteiger partial charge in [0, 0.05) is 76.3 Å². The van der Waals surface area contributed by atoms with E-state index in [-0.39, 0.29) is 12.1 Å². The van der Waals surface area contributed by atoms with Gasteiger partial charge in [0.1, 0.15) is 18.9 Å². The van der Waals surface area contributed by atoms with E-state index >= 15 is 0 Å². The minimum absolute atomic E-state index is 0.233. The molecule has 0 spiro atoms. The molecule has 78 heavy (non-hydrogen) atoms. The normalized spacial score (nSPS) is 15.5. The largest absolute Gasteiger partial charge is 0.387 e. The zero-order chi connectivity index (χ0) is 54.7. The number of hydrogen-bond acceptors (Lipinski definition) is 28. The summed E-state index contributed by atoms with van der Waals surface area (Å²) in [5.41, 5.74) is 0. The molecule has 0 aromatic carbocycles. The Morgan fingerprint density at radius 1 is 0.551 bits per heavy atom. The van der Waals surface area contributed by atoms with Crippen molar-refractivity contribution in [3.63, 3.8) is 0 Å². The van der Waals surface area contributed by atoms with Crippen LogP contribution in [0.15, 0.2) is 30.9 Å². The van der Waals surface area contributed by atoms with E-state index in [1.807, 2.05) is 14.1 Å². The molecule has 6 aromatic rings. The summed E-state index contributed by atoms with van der Waals surface area (Å²) < 4.78 is 9.04. The number of aromatic nitrogens is 18. The number of nitrogens with one attached hydrogen (secondary N) is 6. The Balaban J connectivity index is 1.18. The van der Waals surface area contributed by atoms with Gasteiger partial charge < -0.3 is 31.9 Å². The first-order chi connectivity index (χ1) is 38.2. The summed E-state index contributed by atoms with van der Waals surface area (Å²) in [7, 11) is 7.22. The van der Waals surface area contributed by atoms with Gasteiger partial charge in [-0.1, -0.05) is 121 Å². The predicted molar refractivity (Wildman–Crippen MR) is 310 cm³/mol. The molecular weight excluding hydrogens is 1110 g/mol. The summed E-state index contributed by atoms with van der Waals surface area (Å²) in [6.45, 7) is 14.7. The van der Waals surface area contributed by atoms with E-state index in [0.29, 0.717) is 92.1 Å². The van der Waals surface area contributed by atoms with Gasteiger partial charge in [-0.2, -0.15) is 34.5 Å². The van der Waals surface area contributed by atoms with E-state index in [9.17, 15) is 0 Å². The Bertz CT molecular complexity index is 2810. The highest BCUT2D eigenvalue weighted by atomic mass is 32.2. The molecule has 6 aromatic heterocycles. The van der Waals surface area contributed by atoms with Gasteiger partial charge >= 0.3 is 50.1 Å². The summed E-state index contributed by atoms with van der Waals surface area (Å²) in [4.78, 5) is 70.5. The Morgan fingerprint density at radius 2 is 1.10 bits per heavy atom. The second kappa shape index (κ2) is 27.1. The van der Waals surface area contributed by atoms with Gasteiger partial charge in [0.2, 0.25) is 29.7 Å². The van der Waals surface area contributed by atoms with Crippen LogP contribution in [0.3, 0.4) is 0 Å². The third-order valence-corrected chi connectivity index (χ3v) is 16.9. The van der Waals surface area contributed by atoms with Crippen LogP contribution in [0.4, 0.5) is 47.6 Å². The van der Waals surface area contributed by atoms with Crippen LogP contribution in [0.25, 0.3) is 0 Å². The summed E-state index contributed by atoms with van der Waals surface area (Å²) >= 11 is 9.97. The van der Waals surface area contributed by atoms with E-state index in [1.165, 1.54) is 0 Å². The zero-order valence-electron chi connectivity index (χ0n) is 45.9. The summed E-state index contributed by atoms with van der Waals surface area (Å²) in [6.07, 6.45) is 4.17. The van der Waals surface area contributed by atoms with Crippen LogP contribution in [-0.2, 0) is 12.8 Å². The van der Waals surface area contributed by atoms with E-state index in [2.05, 4.69) is 122 Å². The number of fused-ring (bicyclic) bond motifs is 4. The number of hydrogen-bond donors (Lipinski definition) is 6. The number of nitrogens with zero attached hydrogens (tertiary/aromatic N) is 20. The monoisotopic (exact) mass is 1180 g/mol.